The number of likely N-dealkylation sites (N-methyl/N-ethyl adjacent to an activating group) is 1. The molecular formula is C17H29N5O2. The van der Waals surface area contributed by atoms with Crippen LogP contribution in [0.2, 0.25) is 0 Å². The van der Waals surface area contributed by atoms with Gasteiger partial charge in [-0.1, -0.05) is 19.3 Å². The van der Waals surface area contributed by atoms with E-state index in [1.807, 2.05) is 0 Å². The smallest absolute Gasteiger partial charge is 0.247 e. The van der Waals surface area contributed by atoms with Gasteiger partial charge < -0.3 is 16.0 Å². The Morgan fingerprint density at radius 2 is 2.08 bits per heavy atom. The molecule has 0 radical (unpaired) electrons. The highest BCUT2D eigenvalue weighted by Gasteiger charge is 2.26. The van der Waals surface area contributed by atoms with Crippen molar-refractivity contribution in [3.8, 4) is 0 Å². The van der Waals surface area contributed by atoms with Crippen LogP contribution in [-0.4, -0.2) is 52.7 Å². The molecule has 0 aromatic carbocycles. The molecule has 0 aliphatic heterocycles. The van der Waals surface area contributed by atoms with E-state index in [9.17, 15) is 9.59 Å². The van der Waals surface area contributed by atoms with Crippen molar-refractivity contribution < 1.29 is 9.59 Å². The third-order valence-electron chi connectivity index (χ3n) is 4.86. The van der Waals surface area contributed by atoms with E-state index in [1.54, 1.807) is 37.1 Å². The van der Waals surface area contributed by atoms with E-state index in [2.05, 4.69) is 10.4 Å². The fourth-order valence-electron chi connectivity index (χ4n) is 3.39. The van der Waals surface area contributed by atoms with Gasteiger partial charge in [0.1, 0.15) is 6.04 Å². The monoisotopic (exact) mass is 335 g/mol. The van der Waals surface area contributed by atoms with Gasteiger partial charge in [-0.3, -0.25) is 14.3 Å². The lowest BCUT2D eigenvalue weighted by atomic mass is 9.84. The highest BCUT2D eigenvalue weighted by molar-refractivity contribution is 5.86. The molecule has 1 heterocycles. The standard InChI is InChI=1S/C17H29N5O2/c1-13(22-10-6-9-19-22)17(24)21(2)12-16(23)20-15(11-18)14-7-4-3-5-8-14/h6,9-10,13-15H,3-5,7-8,11-12,18H2,1-2H3,(H,20,23). The fraction of sp³-hybridized carbons (Fsp3) is 0.706. The molecule has 2 unspecified atom stereocenters. The minimum Gasteiger partial charge on any atom is -0.350 e. The molecule has 1 aliphatic carbocycles. The molecule has 1 aromatic rings. The van der Waals surface area contributed by atoms with Crippen LogP contribution < -0.4 is 11.1 Å². The van der Waals surface area contributed by atoms with Gasteiger partial charge in [-0.15, -0.1) is 0 Å². The minimum atomic E-state index is -0.429. The molecule has 0 saturated heterocycles. The first kappa shape index (κ1) is 18.4. The number of carbonyl (C=O) groups excluding carboxylic acids is 2. The lowest BCUT2D eigenvalue weighted by molar-refractivity contribution is -0.137. The first-order valence-electron chi connectivity index (χ1n) is 8.76. The molecule has 2 amide bonds. The van der Waals surface area contributed by atoms with Crippen LogP contribution in [0.5, 0.6) is 0 Å². The molecule has 2 rings (SSSR count). The van der Waals surface area contributed by atoms with Crippen LogP contribution in [0.25, 0.3) is 0 Å². The first-order valence-corrected chi connectivity index (χ1v) is 8.76. The topological polar surface area (TPSA) is 93.3 Å². The maximum Gasteiger partial charge on any atom is 0.247 e. The normalized spacial score (nSPS) is 18.0. The Morgan fingerprint density at radius 3 is 2.67 bits per heavy atom. The van der Waals surface area contributed by atoms with Crippen molar-refractivity contribution in [3.63, 3.8) is 0 Å². The summed E-state index contributed by atoms with van der Waals surface area (Å²) in [5.74, 6) is 0.159. The Labute approximate surface area is 143 Å². The van der Waals surface area contributed by atoms with Gasteiger partial charge in [0.15, 0.2) is 0 Å². The molecule has 2 atom stereocenters. The number of carbonyl (C=O) groups is 2. The number of nitrogens with two attached hydrogens (primary N) is 1. The summed E-state index contributed by atoms with van der Waals surface area (Å²) < 4.78 is 1.58. The summed E-state index contributed by atoms with van der Waals surface area (Å²) >= 11 is 0. The minimum absolute atomic E-state index is 0.00448. The van der Waals surface area contributed by atoms with Gasteiger partial charge >= 0.3 is 0 Å². The van der Waals surface area contributed by atoms with Crippen LogP contribution >= 0.6 is 0 Å². The van der Waals surface area contributed by atoms with E-state index in [0.717, 1.165) is 12.8 Å². The van der Waals surface area contributed by atoms with Gasteiger partial charge in [0.2, 0.25) is 11.8 Å². The number of nitrogens with zero attached hydrogens (tertiary/aromatic N) is 3. The maximum atomic E-state index is 12.4. The lowest BCUT2D eigenvalue weighted by Crippen LogP contribution is -2.49. The van der Waals surface area contributed by atoms with E-state index < -0.39 is 6.04 Å². The molecule has 0 bridgehead atoms. The van der Waals surface area contributed by atoms with Crippen LogP contribution in [0, 0.1) is 5.92 Å². The summed E-state index contributed by atoms with van der Waals surface area (Å²) in [5.41, 5.74) is 5.85. The Bertz CT molecular complexity index is 525. The average molecular weight is 335 g/mol. The van der Waals surface area contributed by atoms with E-state index in [-0.39, 0.29) is 24.4 Å². The van der Waals surface area contributed by atoms with Crippen LogP contribution in [-0.2, 0) is 9.59 Å². The van der Waals surface area contributed by atoms with Gasteiger partial charge in [0.25, 0.3) is 0 Å². The number of aromatic nitrogens is 2. The van der Waals surface area contributed by atoms with Gasteiger partial charge in [-0.2, -0.15) is 5.10 Å². The summed E-state index contributed by atoms with van der Waals surface area (Å²) in [6, 6.07) is 1.35. The zero-order valence-electron chi connectivity index (χ0n) is 14.6. The second-order valence-corrected chi connectivity index (χ2v) is 6.66. The third-order valence-corrected chi connectivity index (χ3v) is 4.86. The molecular weight excluding hydrogens is 306 g/mol. The molecule has 0 spiro atoms. The van der Waals surface area contributed by atoms with Crippen molar-refractivity contribution in [1.29, 1.82) is 0 Å². The Morgan fingerprint density at radius 1 is 1.38 bits per heavy atom. The lowest BCUT2D eigenvalue weighted by Gasteiger charge is -2.30. The molecule has 134 valence electrons. The van der Waals surface area contributed by atoms with Crippen molar-refractivity contribution >= 4 is 11.8 Å². The van der Waals surface area contributed by atoms with E-state index in [0.29, 0.717) is 12.5 Å². The van der Waals surface area contributed by atoms with Crippen molar-refractivity contribution in [1.82, 2.24) is 20.0 Å². The summed E-state index contributed by atoms with van der Waals surface area (Å²) in [4.78, 5) is 26.1. The largest absolute Gasteiger partial charge is 0.350 e. The maximum absolute atomic E-state index is 12.4. The zero-order chi connectivity index (χ0) is 17.5. The van der Waals surface area contributed by atoms with Gasteiger partial charge in [0.05, 0.1) is 6.54 Å². The van der Waals surface area contributed by atoms with Gasteiger partial charge in [0, 0.05) is 32.0 Å². The fourth-order valence-corrected chi connectivity index (χ4v) is 3.39. The Hall–Kier alpha value is -1.89. The summed E-state index contributed by atoms with van der Waals surface area (Å²) in [6.45, 7) is 2.25. The molecule has 1 aliphatic rings. The predicted octanol–water partition coefficient (Wildman–Crippen LogP) is 0.926. The van der Waals surface area contributed by atoms with Crippen molar-refractivity contribution in [3.05, 3.63) is 18.5 Å². The second kappa shape index (κ2) is 8.82. The van der Waals surface area contributed by atoms with Crippen LogP contribution in [0.3, 0.4) is 0 Å². The van der Waals surface area contributed by atoms with Crippen LogP contribution in [0.1, 0.15) is 45.1 Å². The molecule has 24 heavy (non-hydrogen) atoms. The SMILES string of the molecule is CC(C(=O)N(C)CC(=O)NC(CN)C1CCCCC1)n1cccn1. The number of nitrogens with one attached hydrogen (secondary N) is 1. The average Bonchev–Trinajstić information content (AvgIpc) is 3.13. The number of hydrogen-bond acceptors (Lipinski definition) is 4. The second-order valence-electron chi connectivity index (χ2n) is 6.66. The van der Waals surface area contributed by atoms with Crippen LogP contribution in [0.15, 0.2) is 18.5 Å². The zero-order valence-corrected chi connectivity index (χ0v) is 14.6. The third kappa shape index (κ3) is 4.80. The number of hydrogen-bond donors (Lipinski definition) is 2. The van der Waals surface area contributed by atoms with Gasteiger partial charge in [-0.05, 0) is 31.7 Å². The van der Waals surface area contributed by atoms with E-state index in [4.69, 9.17) is 5.73 Å². The molecule has 1 aromatic heterocycles. The molecule has 3 N–H and O–H groups in total. The summed E-state index contributed by atoms with van der Waals surface area (Å²) in [7, 11) is 1.64. The quantitative estimate of drug-likeness (QED) is 0.775. The first-order chi connectivity index (χ1) is 11.5. The molecule has 7 nitrogen and oxygen atoms in total. The van der Waals surface area contributed by atoms with E-state index in [1.165, 1.54) is 24.2 Å². The summed E-state index contributed by atoms with van der Waals surface area (Å²) in [6.07, 6.45) is 9.29. The Kier molecular flexibility index (Phi) is 6.78. The predicted molar refractivity (Wildman–Crippen MR) is 92.1 cm³/mol. The highest BCUT2D eigenvalue weighted by Crippen LogP contribution is 2.26. The van der Waals surface area contributed by atoms with Crippen LogP contribution in [0.4, 0.5) is 0 Å². The molecule has 7 heteroatoms. The van der Waals surface area contributed by atoms with E-state index >= 15 is 0 Å². The van der Waals surface area contributed by atoms with Crippen molar-refractivity contribution in [2.24, 2.45) is 11.7 Å². The highest BCUT2D eigenvalue weighted by atomic mass is 16.2. The molecule has 1 saturated carbocycles. The number of rotatable bonds is 7. The van der Waals surface area contributed by atoms with Gasteiger partial charge in [-0.25, -0.2) is 0 Å². The van der Waals surface area contributed by atoms with Crippen molar-refractivity contribution in [2.75, 3.05) is 20.1 Å². The Balaban J connectivity index is 1.84. The van der Waals surface area contributed by atoms with Crippen molar-refractivity contribution in [2.45, 2.75) is 51.1 Å². The number of amides is 2. The summed E-state index contributed by atoms with van der Waals surface area (Å²) in [5, 5.41) is 7.09. The molecule has 1 fully saturated rings.